The predicted octanol–water partition coefficient (Wildman–Crippen LogP) is 10.0. The van der Waals surface area contributed by atoms with Gasteiger partial charge >= 0.3 is 0 Å². The summed E-state index contributed by atoms with van der Waals surface area (Å²) >= 11 is 0. The number of aliphatic imine (C=N–C) groups is 2. The molecular formula is C51H46N6. The lowest BCUT2D eigenvalue weighted by Crippen LogP contribution is -2.29. The molecule has 0 saturated heterocycles. The number of nitrogens with zero attached hydrogens (tertiary/aromatic N) is 2. The fraction of sp³-hybridized carbons (Fsp3) is 0.0588. The summed E-state index contributed by atoms with van der Waals surface area (Å²) in [4.78, 5) is 9.95. The first kappa shape index (κ1) is 38.2. The molecule has 0 bridgehead atoms. The van der Waals surface area contributed by atoms with Crippen LogP contribution in [0.25, 0.3) is 33.6 Å². The largest absolute Gasteiger partial charge is 0.398 e. The molecule has 7 N–H and O–H groups in total. The lowest BCUT2D eigenvalue weighted by atomic mass is 10.0. The highest BCUT2D eigenvalue weighted by molar-refractivity contribution is 6.12. The van der Waals surface area contributed by atoms with Crippen LogP contribution >= 0.6 is 0 Å². The fourth-order valence-electron chi connectivity index (χ4n) is 6.44. The van der Waals surface area contributed by atoms with Crippen LogP contribution in [0.1, 0.15) is 39.5 Å². The molecule has 7 aromatic carbocycles. The Labute approximate surface area is 335 Å². The summed E-state index contributed by atoms with van der Waals surface area (Å²) in [5.41, 5.74) is 33.1. The lowest BCUT2D eigenvalue weighted by molar-refractivity contribution is 0.566. The van der Waals surface area contributed by atoms with Crippen molar-refractivity contribution in [2.24, 2.45) is 27.2 Å². The summed E-state index contributed by atoms with van der Waals surface area (Å²) in [6.07, 6.45) is 3.40. The number of hydrogen-bond donors (Lipinski definition) is 4. The smallest absolute Gasteiger partial charge is 0.0906 e. The van der Waals surface area contributed by atoms with Crippen LogP contribution in [-0.4, -0.2) is 18.1 Å². The topological polar surface area (TPSA) is 115 Å². The van der Waals surface area contributed by atoms with Crippen molar-refractivity contribution in [2.75, 3.05) is 6.67 Å². The number of nitrogens with one attached hydrogen (secondary N) is 1. The molecule has 6 nitrogen and oxygen atoms in total. The normalized spacial score (nSPS) is 13.0. The first-order chi connectivity index (χ1) is 28.0. The molecule has 0 spiro atoms. The van der Waals surface area contributed by atoms with Crippen molar-refractivity contribution in [1.82, 2.24) is 5.32 Å². The second-order valence-electron chi connectivity index (χ2n) is 13.6. The molecule has 7 rings (SSSR count). The molecule has 0 aliphatic rings. The predicted molar refractivity (Wildman–Crippen MR) is 239 cm³/mol. The van der Waals surface area contributed by atoms with Gasteiger partial charge in [-0.3, -0.25) is 15.3 Å². The van der Waals surface area contributed by atoms with Gasteiger partial charge in [0.05, 0.1) is 30.8 Å². The van der Waals surface area contributed by atoms with E-state index in [4.69, 9.17) is 27.2 Å². The maximum absolute atomic E-state index is 6.76. The Morgan fingerprint density at radius 3 is 1.35 bits per heavy atom. The van der Waals surface area contributed by atoms with Crippen LogP contribution in [0.4, 0.5) is 0 Å². The first-order valence-corrected chi connectivity index (χ1v) is 19.0. The molecule has 0 fully saturated rings. The van der Waals surface area contributed by atoms with Gasteiger partial charge in [-0.25, -0.2) is 0 Å². The number of rotatable bonds is 14. The monoisotopic (exact) mass is 742 g/mol. The van der Waals surface area contributed by atoms with Gasteiger partial charge in [-0.1, -0.05) is 194 Å². The minimum absolute atomic E-state index is 0.295. The molecule has 1 unspecified atom stereocenters. The van der Waals surface area contributed by atoms with E-state index >= 15 is 0 Å². The van der Waals surface area contributed by atoms with Gasteiger partial charge in [-0.05, 0) is 67.8 Å². The van der Waals surface area contributed by atoms with Gasteiger partial charge in [0.2, 0.25) is 0 Å². The average molecular weight is 743 g/mol. The third kappa shape index (κ3) is 10.3. The molecule has 280 valence electrons. The highest BCUT2D eigenvalue weighted by Gasteiger charge is 2.10. The molecule has 0 radical (unpaired) electrons. The van der Waals surface area contributed by atoms with Crippen molar-refractivity contribution in [3.05, 3.63) is 240 Å². The average Bonchev–Trinajstić information content (AvgIpc) is 3.28. The standard InChI is InChI=1S/C51H46N6/c52-47(42-17-9-3-10-18-42)34-50(44-19-11-4-12-20-44)56-36-57-51(54)46-31-29-45(30-32-46)49(55-35-37-21-23-40(24-22-37)38-13-5-1-6-14-38)33-48(53)43-27-25-41(26-28-43)39-15-7-2-8-16-39/h1-34,51,57H,35-36,52-54H2/b47-34?,48-33-,55-49?,56-50?. The van der Waals surface area contributed by atoms with Crippen molar-refractivity contribution in [3.63, 3.8) is 0 Å². The Bertz CT molecular complexity index is 2450. The van der Waals surface area contributed by atoms with E-state index in [-0.39, 0.29) is 0 Å². The maximum atomic E-state index is 6.76. The van der Waals surface area contributed by atoms with Crippen molar-refractivity contribution >= 4 is 22.8 Å². The van der Waals surface area contributed by atoms with Crippen LogP contribution < -0.4 is 22.5 Å². The van der Waals surface area contributed by atoms with Gasteiger partial charge < -0.3 is 17.2 Å². The van der Waals surface area contributed by atoms with Crippen LogP contribution in [0.3, 0.4) is 0 Å². The first-order valence-electron chi connectivity index (χ1n) is 19.0. The molecule has 0 aliphatic heterocycles. The number of hydrogen-bond acceptors (Lipinski definition) is 6. The van der Waals surface area contributed by atoms with Gasteiger partial charge in [-0.15, -0.1) is 0 Å². The molecular weight excluding hydrogens is 697 g/mol. The van der Waals surface area contributed by atoms with E-state index in [9.17, 15) is 0 Å². The van der Waals surface area contributed by atoms with Gasteiger partial charge in [0.25, 0.3) is 0 Å². The van der Waals surface area contributed by atoms with Gasteiger partial charge in [0.15, 0.2) is 0 Å². The summed E-state index contributed by atoms with van der Waals surface area (Å²) in [5, 5.41) is 3.35. The van der Waals surface area contributed by atoms with E-state index in [1.54, 1.807) is 0 Å². The molecule has 0 aromatic heterocycles. The van der Waals surface area contributed by atoms with Gasteiger partial charge in [-0.2, -0.15) is 0 Å². The van der Waals surface area contributed by atoms with Crippen LogP contribution in [0.2, 0.25) is 0 Å². The van der Waals surface area contributed by atoms with Gasteiger partial charge in [0.1, 0.15) is 0 Å². The van der Waals surface area contributed by atoms with Crippen LogP contribution in [0.5, 0.6) is 0 Å². The second kappa shape index (κ2) is 19.0. The summed E-state index contributed by atoms with van der Waals surface area (Å²) < 4.78 is 0. The second-order valence-corrected chi connectivity index (χ2v) is 13.6. The van der Waals surface area contributed by atoms with Crippen molar-refractivity contribution in [3.8, 4) is 22.3 Å². The summed E-state index contributed by atoms with van der Waals surface area (Å²) in [6, 6.07) is 65.5. The quantitative estimate of drug-likeness (QED) is 0.0656. The summed E-state index contributed by atoms with van der Waals surface area (Å²) in [7, 11) is 0. The highest BCUT2D eigenvalue weighted by atomic mass is 15.1. The third-order valence-corrected chi connectivity index (χ3v) is 9.71. The number of benzene rings is 7. The lowest BCUT2D eigenvalue weighted by Gasteiger charge is -2.14. The zero-order valence-corrected chi connectivity index (χ0v) is 31.7. The molecule has 7 aromatic rings. The van der Waals surface area contributed by atoms with E-state index in [2.05, 4.69) is 90.2 Å². The molecule has 6 heteroatoms. The van der Waals surface area contributed by atoms with Crippen molar-refractivity contribution < 1.29 is 0 Å². The molecule has 0 aliphatic carbocycles. The van der Waals surface area contributed by atoms with E-state index in [0.29, 0.717) is 24.6 Å². The molecule has 0 heterocycles. The minimum atomic E-state index is -0.456. The van der Waals surface area contributed by atoms with E-state index in [0.717, 1.165) is 55.9 Å². The van der Waals surface area contributed by atoms with E-state index in [1.165, 1.54) is 11.1 Å². The third-order valence-electron chi connectivity index (χ3n) is 9.71. The maximum Gasteiger partial charge on any atom is 0.0906 e. The minimum Gasteiger partial charge on any atom is -0.398 e. The molecule has 0 amide bonds. The van der Waals surface area contributed by atoms with Crippen LogP contribution in [0, 0.1) is 0 Å². The summed E-state index contributed by atoms with van der Waals surface area (Å²) in [6.45, 7) is 0.790. The zero-order valence-electron chi connectivity index (χ0n) is 31.7. The molecule has 0 saturated carbocycles. The number of nitrogens with two attached hydrogens (primary N) is 3. The Hall–Kier alpha value is -7.12. The Morgan fingerprint density at radius 2 is 0.825 bits per heavy atom. The highest BCUT2D eigenvalue weighted by Crippen LogP contribution is 2.23. The summed E-state index contributed by atoms with van der Waals surface area (Å²) in [5.74, 6) is 0. The Balaban J connectivity index is 1.10. The molecule has 1 atom stereocenters. The Morgan fingerprint density at radius 1 is 0.439 bits per heavy atom. The van der Waals surface area contributed by atoms with E-state index in [1.807, 2.05) is 121 Å². The van der Waals surface area contributed by atoms with Crippen molar-refractivity contribution in [1.29, 1.82) is 0 Å². The molecule has 57 heavy (non-hydrogen) atoms. The fourth-order valence-corrected chi connectivity index (χ4v) is 6.44. The zero-order chi connectivity index (χ0) is 39.2. The van der Waals surface area contributed by atoms with Crippen molar-refractivity contribution in [2.45, 2.75) is 12.7 Å². The van der Waals surface area contributed by atoms with Gasteiger partial charge in [0, 0.05) is 11.4 Å². The van der Waals surface area contributed by atoms with Crippen LogP contribution in [0.15, 0.2) is 216 Å². The van der Waals surface area contributed by atoms with Crippen LogP contribution in [-0.2, 0) is 6.54 Å². The SMILES string of the molecule is NC(=CC(=NCNC(N)c1ccc(C(/C=C(\N)c2ccc(-c3ccccc3)cc2)=NCc2ccc(-c3ccccc3)cc2)cc1)c1ccccc1)c1ccccc1. The number of allylic oxidation sites excluding steroid dienone is 2. The Kier molecular flexibility index (Phi) is 12.7. The van der Waals surface area contributed by atoms with E-state index < -0.39 is 6.17 Å².